The summed E-state index contributed by atoms with van der Waals surface area (Å²) in [6.45, 7) is -0.390. The highest BCUT2D eigenvalue weighted by atomic mass is 16.5. The van der Waals surface area contributed by atoms with Crippen LogP contribution in [0.4, 0.5) is 10.5 Å². The van der Waals surface area contributed by atoms with Crippen molar-refractivity contribution in [3.05, 3.63) is 29.8 Å². The van der Waals surface area contributed by atoms with Gasteiger partial charge in [0.05, 0.1) is 18.4 Å². The predicted molar refractivity (Wildman–Crippen MR) is 97.1 cm³/mol. The minimum Gasteiger partial charge on any atom is -0.465 e. The van der Waals surface area contributed by atoms with E-state index in [-0.39, 0.29) is 23.7 Å². The SMILES string of the molecule is COC(=O)c1ccccc1NC(=O)CN1C(=O)N(C)C2(CCCCC2)C1=O. The lowest BCUT2D eigenvalue weighted by molar-refractivity contribution is -0.136. The number of nitrogens with zero attached hydrogens (tertiary/aromatic N) is 2. The number of amides is 4. The summed E-state index contributed by atoms with van der Waals surface area (Å²) in [6, 6.07) is 5.94. The third-order valence-electron chi connectivity index (χ3n) is 5.39. The molecule has 1 saturated carbocycles. The van der Waals surface area contributed by atoms with E-state index in [4.69, 9.17) is 4.74 Å². The number of carbonyl (C=O) groups excluding carboxylic acids is 4. The van der Waals surface area contributed by atoms with Crippen molar-refractivity contribution in [2.45, 2.75) is 37.6 Å². The highest BCUT2D eigenvalue weighted by Crippen LogP contribution is 2.39. The van der Waals surface area contributed by atoms with Crippen LogP contribution in [0.25, 0.3) is 0 Å². The first-order valence-electron chi connectivity index (χ1n) is 8.97. The van der Waals surface area contributed by atoms with Crippen molar-refractivity contribution in [3.63, 3.8) is 0 Å². The van der Waals surface area contributed by atoms with Crippen molar-refractivity contribution < 1.29 is 23.9 Å². The average Bonchev–Trinajstić information content (AvgIpc) is 2.85. The molecule has 2 aliphatic rings. The van der Waals surface area contributed by atoms with Gasteiger partial charge in [-0.05, 0) is 25.0 Å². The van der Waals surface area contributed by atoms with Crippen LogP contribution >= 0.6 is 0 Å². The number of rotatable bonds is 4. The highest BCUT2D eigenvalue weighted by molar-refractivity contribution is 6.10. The molecule has 144 valence electrons. The molecule has 8 heteroatoms. The third kappa shape index (κ3) is 3.27. The maximum atomic E-state index is 12.9. The molecule has 1 aromatic carbocycles. The molecular weight excluding hydrogens is 350 g/mol. The minimum absolute atomic E-state index is 0.202. The molecule has 0 radical (unpaired) electrons. The van der Waals surface area contributed by atoms with Crippen molar-refractivity contribution in [3.8, 4) is 0 Å². The number of methoxy groups -OCH3 is 1. The Morgan fingerprint density at radius 2 is 1.81 bits per heavy atom. The Morgan fingerprint density at radius 3 is 2.48 bits per heavy atom. The summed E-state index contributed by atoms with van der Waals surface area (Å²) in [5.41, 5.74) is -0.345. The molecule has 0 unspecified atom stereocenters. The molecule has 1 aliphatic carbocycles. The monoisotopic (exact) mass is 373 g/mol. The van der Waals surface area contributed by atoms with E-state index in [0.717, 1.165) is 24.2 Å². The van der Waals surface area contributed by atoms with Crippen LogP contribution in [0.3, 0.4) is 0 Å². The summed E-state index contributed by atoms with van der Waals surface area (Å²) >= 11 is 0. The summed E-state index contributed by atoms with van der Waals surface area (Å²) in [6.07, 6.45) is 4.06. The number of hydrogen-bond donors (Lipinski definition) is 1. The first kappa shape index (κ1) is 18.9. The summed E-state index contributed by atoms with van der Waals surface area (Å²) < 4.78 is 4.70. The fourth-order valence-electron chi connectivity index (χ4n) is 3.88. The largest absolute Gasteiger partial charge is 0.465 e. The maximum absolute atomic E-state index is 12.9. The van der Waals surface area contributed by atoms with E-state index in [9.17, 15) is 19.2 Å². The number of carbonyl (C=O) groups is 4. The van der Waals surface area contributed by atoms with Gasteiger partial charge in [0.15, 0.2) is 0 Å². The number of urea groups is 1. The molecule has 1 heterocycles. The summed E-state index contributed by atoms with van der Waals surface area (Å²) in [4.78, 5) is 52.3. The Bertz CT molecular complexity index is 785. The Morgan fingerprint density at radius 1 is 1.15 bits per heavy atom. The Kier molecular flexibility index (Phi) is 5.16. The Balaban J connectivity index is 1.74. The summed E-state index contributed by atoms with van der Waals surface area (Å²) in [7, 11) is 2.87. The zero-order chi connectivity index (χ0) is 19.6. The van der Waals surface area contributed by atoms with Crippen molar-refractivity contribution in [1.29, 1.82) is 0 Å². The van der Waals surface area contributed by atoms with Gasteiger partial charge in [-0.15, -0.1) is 0 Å². The molecule has 1 saturated heterocycles. The lowest BCUT2D eigenvalue weighted by Crippen LogP contribution is -2.49. The van der Waals surface area contributed by atoms with Crippen molar-refractivity contribution in [2.24, 2.45) is 0 Å². The quantitative estimate of drug-likeness (QED) is 0.643. The molecular formula is C19H23N3O5. The van der Waals surface area contributed by atoms with Crippen LogP contribution in [0.5, 0.6) is 0 Å². The number of likely N-dealkylation sites (N-methyl/N-ethyl adjacent to an activating group) is 1. The van der Waals surface area contributed by atoms with E-state index in [1.54, 1.807) is 25.2 Å². The standard InChI is InChI=1S/C19H23N3O5/c1-21-18(26)22(17(25)19(21)10-6-3-7-11-19)12-15(23)20-14-9-5-4-8-13(14)16(24)27-2/h4-5,8-9H,3,6-7,10-12H2,1-2H3,(H,20,23). The number of imide groups is 1. The van der Waals surface area contributed by atoms with Gasteiger partial charge in [0, 0.05) is 7.05 Å². The number of anilines is 1. The number of hydrogen-bond acceptors (Lipinski definition) is 5. The Labute approximate surface area is 157 Å². The predicted octanol–water partition coefficient (Wildman–Crippen LogP) is 2.01. The van der Waals surface area contributed by atoms with Gasteiger partial charge in [-0.2, -0.15) is 0 Å². The first-order chi connectivity index (χ1) is 12.9. The van der Waals surface area contributed by atoms with Gasteiger partial charge >= 0.3 is 12.0 Å². The van der Waals surface area contributed by atoms with Crippen molar-refractivity contribution >= 4 is 29.5 Å². The first-order valence-corrected chi connectivity index (χ1v) is 8.97. The highest BCUT2D eigenvalue weighted by Gasteiger charge is 2.55. The van der Waals surface area contributed by atoms with E-state index in [1.807, 2.05) is 0 Å². The molecule has 1 aliphatic heterocycles. The lowest BCUT2D eigenvalue weighted by Gasteiger charge is -2.35. The van der Waals surface area contributed by atoms with Gasteiger partial charge in [-0.3, -0.25) is 14.5 Å². The van der Waals surface area contributed by atoms with Crippen LogP contribution in [-0.2, 0) is 14.3 Å². The van der Waals surface area contributed by atoms with Gasteiger partial charge in [0.2, 0.25) is 5.91 Å². The molecule has 0 atom stereocenters. The molecule has 27 heavy (non-hydrogen) atoms. The topological polar surface area (TPSA) is 96.0 Å². The van der Waals surface area contributed by atoms with Crippen molar-refractivity contribution in [1.82, 2.24) is 9.80 Å². The van der Waals surface area contributed by atoms with Gasteiger partial charge in [-0.25, -0.2) is 9.59 Å². The van der Waals surface area contributed by atoms with Gasteiger partial charge < -0.3 is 15.0 Å². The van der Waals surface area contributed by atoms with E-state index < -0.39 is 23.4 Å². The maximum Gasteiger partial charge on any atom is 0.339 e. The molecule has 2 fully saturated rings. The van der Waals surface area contributed by atoms with Crippen LogP contribution in [0.15, 0.2) is 24.3 Å². The summed E-state index contributed by atoms with van der Waals surface area (Å²) in [5, 5.41) is 2.60. The van der Waals surface area contributed by atoms with Crippen LogP contribution in [-0.4, -0.2) is 59.9 Å². The van der Waals surface area contributed by atoms with Crippen molar-refractivity contribution in [2.75, 3.05) is 26.0 Å². The van der Waals surface area contributed by atoms with Gasteiger partial charge in [-0.1, -0.05) is 31.4 Å². The van der Waals surface area contributed by atoms with Crippen LogP contribution in [0, 0.1) is 0 Å². The van der Waals surface area contributed by atoms with E-state index in [2.05, 4.69) is 5.32 Å². The zero-order valence-corrected chi connectivity index (χ0v) is 15.5. The number of ether oxygens (including phenoxy) is 1. The molecule has 4 amide bonds. The van der Waals surface area contributed by atoms with Gasteiger partial charge in [0.25, 0.3) is 5.91 Å². The number of benzene rings is 1. The second kappa shape index (κ2) is 7.38. The molecule has 1 spiro atoms. The molecule has 3 rings (SSSR count). The zero-order valence-electron chi connectivity index (χ0n) is 15.5. The molecule has 0 aromatic heterocycles. The number of para-hydroxylation sites is 1. The number of nitrogens with one attached hydrogen (secondary N) is 1. The second-order valence-electron chi connectivity index (χ2n) is 6.91. The molecule has 0 bridgehead atoms. The van der Waals surface area contributed by atoms with Crippen LogP contribution in [0.2, 0.25) is 0 Å². The van der Waals surface area contributed by atoms with Crippen LogP contribution in [0.1, 0.15) is 42.5 Å². The number of esters is 1. The minimum atomic E-state index is -0.820. The third-order valence-corrected chi connectivity index (χ3v) is 5.39. The molecule has 1 N–H and O–H groups in total. The summed E-state index contributed by atoms with van der Waals surface area (Å²) in [5.74, 6) is -1.44. The molecule has 1 aromatic rings. The fraction of sp³-hybridized carbons (Fsp3) is 0.474. The van der Waals surface area contributed by atoms with Gasteiger partial charge in [0.1, 0.15) is 12.1 Å². The van der Waals surface area contributed by atoms with E-state index in [0.29, 0.717) is 12.8 Å². The second-order valence-corrected chi connectivity index (χ2v) is 6.91. The Hall–Kier alpha value is -2.90. The van der Waals surface area contributed by atoms with E-state index >= 15 is 0 Å². The van der Waals surface area contributed by atoms with E-state index in [1.165, 1.54) is 18.1 Å². The van der Waals surface area contributed by atoms with Crippen LogP contribution < -0.4 is 5.32 Å². The fourth-order valence-corrected chi connectivity index (χ4v) is 3.88. The molecule has 8 nitrogen and oxygen atoms in total. The average molecular weight is 373 g/mol. The lowest BCUT2D eigenvalue weighted by atomic mass is 9.81. The normalized spacial score (nSPS) is 18.7. The smallest absolute Gasteiger partial charge is 0.339 e.